The summed E-state index contributed by atoms with van der Waals surface area (Å²) in [5, 5.41) is 0.577. The van der Waals surface area contributed by atoms with Crippen molar-refractivity contribution < 1.29 is 14.0 Å². The number of aromatic nitrogens is 1. The second kappa shape index (κ2) is 6.63. The van der Waals surface area contributed by atoms with E-state index in [1.807, 2.05) is 0 Å². The average Bonchev–Trinajstić information content (AvgIpc) is 2.60. The summed E-state index contributed by atoms with van der Waals surface area (Å²) in [6, 6.07) is 9.58. The van der Waals surface area contributed by atoms with Gasteiger partial charge in [-0.15, -0.1) is 0 Å². The molecule has 24 heavy (non-hydrogen) atoms. The molecule has 2 heterocycles. The largest absolute Gasteiger partial charge is 0.422 e. The molecule has 2 amide bonds. The van der Waals surface area contributed by atoms with Crippen molar-refractivity contribution in [1.82, 2.24) is 15.8 Å². The Morgan fingerprint density at radius 3 is 2.62 bits per heavy atom. The zero-order valence-electron chi connectivity index (χ0n) is 12.1. The van der Waals surface area contributed by atoms with Crippen molar-refractivity contribution in [3.8, 4) is 0 Å². The van der Waals surface area contributed by atoms with Gasteiger partial charge in [0.05, 0.1) is 5.56 Å². The van der Waals surface area contributed by atoms with Gasteiger partial charge in [0, 0.05) is 22.3 Å². The molecule has 0 unspecified atom stereocenters. The Morgan fingerprint density at radius 2 is 1.88 bits per heavy atom. The van der Waals surface area contributed by atoms with Crippen LogP contribution in [0.15, 0.2) is 62.5 Å². The molecule has 0 saturated heterocycles. The van der Waals surface area contributed by atoms with Gasteiger partial charge in [-0.25, -0.2) is 4.79 Å². The van der Waals surface area contributed by atoms with Crippen LogP contribution < -0.4 is 16.5 Å². The maximum Gasteiger partial charge on any atom is 0.349 e. The topological polar surface area (TPSA) is 101 Å². The number of benzene rings is 1. The van der Waals surface area contributed by atoms with Crippen molar-refractivity contribution in [2.45, 2.75) is 0 Å². The molecule has 3 aromatic rings. The molecule has 7 nitrogen and oxygen atoms in total. The van der Waals surface area contributed by atoms with Gasteiger partial charge in [-0.1, -0.05) is 15.9 Å². The highest BCUT2D eigenvalue weighted by atomic mass is 79.9. The average molecular weight is 388 g/mol. The monoisotopic (exact) mass is 387 g/mol. The van der Waals surface area contributed by atoms with Crippen molar-refractivity contribution >= 4 is 38.7 Å². The van der Waals surface area contributed by atoms with Crippen LogP contribution in [0.2, 0.25) is 0 Å². The molecular formula is C16H10BrN3O4. The maximum absolute atomic E-state index is 12.1. The lowest BCUT2D eigenvalue weighted by atomic mass is 10.2. The van der Waals surface area contributed by atoms with Crippen LogP contribution in [0, 0.1) is 0 Å². The van der Waals surface area contributed by atoms with E-state index in [1.165, 1.54) is 24.5 Å². The van der Waals surface area contributed by atoms with E-state index in [2.05, 4.69) is 31.8 Å². The fourth-order valence-electron chi connectivity index (χ4n) is 2.00. The number of nitrogens with zero attached hydrogens (tertiary/aromatic N) is 1. The number of amides is 2. The fraction of sp³-hybridized carbons (Fsp3) is 0. The Bertz CT molecular complexity index is 986. The summed E-state index contributed by atoms with van der Waals surface area (Å²) < 4.78 is 5.88. The van der Waals surface area contributed by atoms with Gasteiger partial charge in [0.1, 0.15) is 11.1 Å². The van der Waals surface area contributed by atoms with Crippen LogP contribution in [-0.4, -0.2) is 16.8 Å². The third kappa shape index (κ3) is 3.33. The number of hydrogen-bond acceptors (Lipinski definition) is 5. The number of pyridine rings is 1. The molecule has 0 bridgehead atoms. The van der Waals surface area contributed by atoms with Crippen LogP contribution in [0.1, 0.15) is 20.7 Å². The molecule has 0 aliphatic heterocycles. The van der Waals surface area contributed by atoms with Crippen molar-refractivity contribution in [2.75, 3.05) is 0 Å². The number of hydrogen-bond donors (Lipinski definition) is 2. The Hall–Kier alpha value is -3.00. The number of nitrogens with one attached hydrogen (secondary N) is 2. The molecule has 8 heteroatoms. The van der Waals surface area contributed by atoms with E-state index in [9.17, 15) is 14.4 Å². The number of halogens is 1. The molecule has 0 aliphatic carbocycles. The molecule has 0 saturated carbocycles. The van der Waals surface area contributed by atoms with Crippen LogP contribution in [0.3, 0.4) is 0 Å². The third-order valence-electron chi connectivity index (χ3n) is 3.15. The third-order valence-corrected chi connectivity index (χ3v) is 3.65. The molecule has 3 rings (SSSR count). The lowest BCUT2D eigenvalue weighted by molar-refractivity contribution is 0.0844. The molecule has 1 aromatic carbocycles. The van der Waals surface area contributed by atoms with Crippen molar-refractivity contribution in [1.29, 1.82) is 0 Å². The lowest BCUT2D eigenvalue weighted by Gasteiger charge is -2.07. The van der Waals surface area contributed by atoms with E-state index in [0.29, 0.717) is 11.0 Å². The normalized spacial score (nSPS) is 10.4. The summed E-state index contributed by atoms with van der Waals surface area (Å²) in [4.78, 5) is 39.7. The number of carbonyl (C=O) groups is 2. The van der Waals surface area contributed by atoms with Crippen LogP contribution in [0.5, 0.6) is 0 Å². The Balaban J connectivity index is 1.80. The zero-order chi connectivity index (χ0) is 17.1. The van der Waals surface area contributed by atoms with E-state index >= 15 is 0 Å². The molecule has 120 valence electrons. The predicted molar refractivity (Wildman–Crippen MR) is 89.4 cm³/mol. The first-order valence-electron chi connectivity index (χ1n) is 6.79. The molecule has 2 N–H and O–H groups in total. The van der Waals surface area contributed by atoms with Gasteiger partial charge in [0.15, 0.2) is 0 Å². The van der Waals surface area contributed by atoms with E-state index in [1.54, 1.807) is 24.3 Å². The van der Waals surface area contributed by atoms with Gasteiger partial charge in [0.2, 0.25) is 0 Å². The first-order valence-corrected chi connectivity index (χ1v) is 7.58. The minimum atomic E-state index is -0.794. The Morgan fingerprint density at radius 1 is 1.08 bits per heavy atom. The second-order valence-corrected chi connectivity index (χ2v) is 5.70. The predicted octanol–water partition coefficient (Wildman–Crippen LogP) is 2.03. The summed E-state index contributed by atoms with van der Waals surface area (Å²) in [7, 11) is 0. The van der Waals surface area contributed by atoms with E-state index in [-0.39, 0.29) is 11.1 Å². The standard InChI is InChI=1S/C16H10BrN3O4/c17-11-3-4-13-10(6-11)7-12(16(23)24-13)15(22)20-19-14(21)9-2-1-5-18-8-9/h1-8H,(H,19,21)(H,20,22). The molecule has 2 aromatic heterocycles. The van der Waals surface area contributed by atoms with Crippen LogP contribution in [-0.2, 0) is 0 Å². The van der Waals surface area contributed by atoms with Crippen molar-refractivity contribution in [3.05, 3.63) is 74.8 Å². The Labute approximate surface area is 143 Å². The molecule has 0 spiro atoms. The number of rotatable bonds is 2. The highest BCUT2D eigenvalue weighted by Crippen LogP contribution is 2.19. The van der Waals surface area contributed by atoms with E-state index in [4.69, 9.17) is 4.42 Å². The molecule has 0 radical (unpaired) electrons. The van der Waals surface area contributed by atoms with Crippen LogP contribution in [0.25, 0.3) is 11.0 Å². The molecule has 0 aliphatic rings. The fourth-order valence-corrected chi connectivity index (χ4v) is 2.38. The van der Waals surface area contributed by atoms with Gasteiger partial charge >= 0.3 is 5.63 Å². The van der Waals surface area contributed by atoms with Crippen LogP contribution in [0.4, 0.5) is 0 Å². The first kappa shape index (κ1) is 15.9. The van der Waals surface area contributed by atoms with Gasteiger partial charge in [0.25, 0.3) is 11.8 Å². The highest BCUT2D eigenvalue weighted by Gasteiger charge is 2.15. The van der Waals surface area contributed by atoms with Crippen molar-refractivity contribution in [2.24, 2.45) is 0 Å². The first-order chi connectivity index (χ1) is 11.5. The number of carbonyl (C=O) groups excluding carboxylic acids is 2. The quantitative estimate of drug-likeness (QED) is 0.517. The minimum absolute atomic E-state index is 0.216. The van der Waals surface area contributed by atoms with Gasteiger partial charge in [-0.2, -0.15) is 0 Å². The van der Waals surface area contributed by atoms with Gasteiger partial charge in [-0.3, -0.25) is 25.4 Å². The van der Waals surface area contributed by atoms with Crippen molar-refractivity contribution in [3.63, 3.8) is 0 Å². The summed E-state index contributed by atoms with van der Waals surface area (Å²) >= 11 is 3.30. The van der Waals surface area contributed by atoms with E-state index in [0.717, 1.165) is 4.47 Å². The zero-order valence-corrected chi connectivity index (χ0v) is 13.7. The van der Waals surface area contributed by atoms with Crippen LogP contribution >= 0.6 is 15.9 Å². The number of hydrazine groups is 1. The SMILES string of the molecule is O=C(NNC(=O)c1cc2cc(Br)ccc2oc1=O)c1cccnc1. The van der Waals surface area contributed by atoms with E-state index < -0.39 is 17.4 Å². The summed E-state index contributed by atoms with van der Waals surface area (Å²) in [5.41, 5.74) is 4.02. The number of fused-ring (bicyclic) bond motifs is 1. The summed E-state index contributed by atoms with van der Waals surface area (Å²) in [6.45, 7) is 0. The molecule has 0 fully saturated rings. The molecule has 0 atom stereocenters. The summed E-state index contributed by atoms with van der Waals surface area (Å²) in [6.07, 6.45) is 2.87. The maximum atomic E-state index is 12.1. The smallest absolute Gasteiger partial charge is 0.349 e. The minimum Gasteiger partial charge on any atom is -0.422 e. The lowest BCUT2D eigenvalue weighted by Crippen LogP contribution is -2.43. The molecular weight excluding hydrogens is 378 g/mol. The Kier molecular flexibility index (Phi) is 4.39. The van der Waals surface area contributed by atoms with Gasteiger partial charge in [-0.05, 0) is 36.4 Å². The van der Waals surface area contributed by atoms with Gasteiger partial charge < -0.3 is 4.42 Å². The summed E-state index contributed by atoms with van der Waals surface area (Å²) in [5.74, 6) is -1.33. The second-order valence-electron chi connectivity index (χ2n) is 4.78. The highest BCUT2D eigenvalue weighted by molar-refractivity contribution is 9.10.